The highest BCUT2D eigenvalue weighted by Gasteiger charge is 2.36. The van der Waals surface area contributed by atoms with Gasteiger partial charge in [-0.05, 0) is 241 Å². The highest BCUT2D eigenvalue weighted by atomic mass is 32.2. The number of hydrogen-bond donors (Lipinski definition) is 0. The number of benzene rings is 9. The molecule has 762 valence electrons. The van der Waals surface area contributed by atoms with Crippen LogP contribution in [0.5, 0.6) is 0 Å². The lowest BCUT2D eigenvalue weighted by Crippen LogP contribution is -2.40. The summed E-state index contributed by atoms with van der Waals surface area (Å²) in [5, 5.41) is -3.54. The van der Waals surface area contributed by atoms with Crippen molar-refractivity contribution in [3.63, 3.8) is 0 Å². The Bertz CT molecular complexity index is 9890. The first-order valence-corrected chi connectivity index (χ1v) is 44.8. The maximum Gasteiger partial charge on any atom is 0.416 e. The molecule has 0 saturated heterocycles. The van der Waals surface area contributed by atoms with Gasteiger partial charge in [0.2, 0.25) is 17.7 Å². The van der Waals surface area contributed by atoms with Crippen LogP contribution in [0.1, 0.15) is 235 Å². The Kier molecular flexibility index (Phi) is 18.9. The average Bonchev–Trinajstić information content (AvgIpc) is 1.51. The third-order valence-electron chi connectivity index (χ3n) is 20.5. The van der Waals surface area contributed by atoms with Crippen LogP contribution >= 0.6 is 35.3 Å². The fourth-order valence-corrected chi connectivity index (χ4v) is 15.4. The smallest absolute Gasteiger partial charge is 0.336 e. The molecule has 3 aromatic heterocycles. The van der Waals surface area contributed by atoms with Crippen molar-refractivity contribution in [2.75, 3.05) is 78.2 Å². The number of halogens is 12. The first-order valence-electron chi connectivity index (χ1n) is 72.8. The Morgan fingerprint density at radius 3 is 1.06 bits per heavy atom. The molecule has 2 unspecified atom stereocenters. The second kappa shape index (κ2) is 50.3. The van der Waals surface area contributed by atoms with Gasteiger partial charge in [-0.3, -0.25) is 28.8 Å². The summed E-state index contributed by atoms with van der Waals surface area (Å²) >= 11 is -0.935. The zero-order chi connectivity index (χ0) is 157. The largest absolute Gasteiger partial charge is 0.416 e. The van der Waals surface area contributed by atoms with Crippen LogP contribution in [0.2, 0.25) is 0 Å². The van der Waals surface area contributed by atoms with Crippen LogP contribution in [0.3, 0.4) is 0 Å². The summed E-state index contributed by atoms with van der Waals surface area (Å²) in [4.78, 5) is 100. The number of fused-ring (bicyclic) bond motifs is 3. The Labute approximate surface area is 930 Å². The molecule has 33 heteroatoms. The van der Waals surface area contributed by atoms with Crippen molar-refractivity contribution in [1.82, 2.24) is 58.1 Å². The predicted octanol–water partition coefficient (Wildman–Crippen LogP) is 22.5. The number of alkyl halides is 9. The molecule has 144 heavy (non-hydrogen) atoms. The minimum Gasteiger partial charge on any atom is -0.336 e. The molecular weight excluding hydrogens is 1920 g/mol. The summed E-state index contributed by atoms with van der Waals surface area (Å²) in [6.45, 7) is -26.7. The van der Waals surface area contributed by atoms with E-state index in [-0.39, 0.29) is 73.6 Å². The molecule has 3 amide bonds. The lowest BCUT2D eigenvalue weighted by Gasteiger charge is -2.28. The normalized spacial score (nSPS) is 23.6. The number of hydrogen-bond acceptors (Lipinski definition) is 15. The maximum absolute atomic E-state index is 15.2. The number of thioether (sulfide) groups is 3. The fraction of sp³-hybridized carbons (Fsp3) is 0.378. The van der Waals surface area contributed by atoms with E-state index < -0.39 is 527 Å². The summed E-state index contributed by atoms with van der Waals surface area (Å²) < 4.78 is 689. The molecule has 0 saturated carbocycles. The second-order valence-electron chi connectivity index (χ2n) is 30.0. The molecule has 2 atom stereocenters. The van der Waals surface area contributed by atoms with Crippen molar-refractivity contribution in [2.45, 2.75) is 197 Å². The van der Waals surface area contributed by atoms with Crippen LogP contribution in [0, 0.1) is 36.2 Å². The molecule has 0 N–H and O–H groups in total. The molecular formula is C111H120F12N12O6S3. The van der Waals surface area contributed by atoms with Gasteiger partial charge in [0, 0.05) is 148 Å². The van der Waals surface area contributed by atoms with Gasteiger partial charge in [-0.1, -0.05) is 236 Å². The first kappa shape index (κ1) is 54.0. The van der Waals surface area contributed by atoms with Crippen LogP contribution in [0.15, 0.2) is 242 Å². The second-order valence-corrected chi connectivity index (χ2v) is 32.4. The van der Waals surface area contributed by atoms with Gasteiger partial charge >= 0.3 is 18.5 Å². The monoisotopic (exact) mass is 2100 g/mol. The lowest BCUT2D eigenvalue weighted by atomic mass is 9.98. The van der Waals surface area contributed by atoms with Crippen LogP contribution in [0.4, 0.5) is 52.7 Å². The van der Waals surface area contributed by atoms with Gasteiger partial charge < -0.3 is 43.1 Å². The minimum atomic E-state index is -5.44. The summed E-state index contributed by atoms with van der Waals surface area (Å²) in [6.07, 6.45) is -28.8. The Hall–Kier alpha value is -11.9. The van der Waals surface area contributed by atoms with E-state index in [1.54, 1.807) is 0 Å². The number of aromatic nitrogens is 6. The van der Waals surface area contributed by atoms with E-state index in [4.69, 9.17) is 75.4 Å². The van der Waals surface area contributed by atoms with Crippen LogP contribution < -0.4 is 16.7 Å². The molecule has 0 fully saturated rings. The zero-order valence-electron chi connectivity index (χ0n) is 138. The fourth-order valence-electron chi connectivity index (χ4n) is 13.4. The van der Waals surface area contributed by atoms with E-state index >= 15 is 4.79 Å². The molecule has 3 aliphatic carbocycles. The highest BCUT2D eigenvalue weighted by Crippen LogP contribution is 2.39. The third-order valence-corrected chi connectivity index (χ3v) is 22.8. The van der Waals surface area contributed by atoms with E-state index in [0.29, 0.717) is 42.2 Å². The number of carbonyl (C=O) groups excluding carboxylic acids is 3. The van der Waals surface area contributed by atoms with Crippen molar-refractivity contribution in [2.24, 2.45) is 11.8 Å². The third kappa shape index (κ3) is 29.5. The molecule has 3 heterocycles. The van der Waals surface area contributed by atoms with Crippen molar-refractivity contribution >= 4 is 53.0 Å². The summed E-state index contributed by atoms with van der Waals surface area (Å²) in [5.41, 5.74) is -33.4. The van der Waals surface area contributed by atoms with E-state index in [1.807, 2.05) is 0 Å². The standard InChI is InChI=1S/3C37H40F4N4O2S/c2*1-4-43(5-2)18-19-44(22-26-6-10-28(11-7-26)29-12-14-30(15-13-29)37(39,40)41)34(46)23-45-33-21-25(3)20-32(33)35(47)42-36(45)48-24-27-8-16-31(38)17-9-27;1-4-43(5-2)19-20-44(22-26-9-13-28(14-10-26)29-15-18-32(25(3)21-29)37(39,40)41)34(46)23-45-33-8-6-7-31(33)35(47)42-36(45)48-24-27-11-16-30(38)17-12-27/h2*6-17,25H,4-5,18-24H2,1-3H3;9-18,21H,4-8,19-20,22-24H2,1-3H3/i4D2,5D2,6D,7D,8D,9D,10D,11D,12D,13D,14D,15D,16D,17D,20D2,21D2,23D2,24D2,25D;4D2,5D2,8D,9D,16D,17D,20D2,21D2,23D2,24D2,25D;4D2,5D2,9D,10D,11D,12D,13D,14D,15D,16D,17D,18D,21D,23D2,24D2. The highest BCUT2D eigenvalue weighted by molar-refractivity contribution is 7.98. The van der Waals surface area contributed by atoms with Crippen LogP contribution in [0.25, 0.3) is 33.4 Å². The van der Waals surface area contributed by atoms with Gasteiger partial charge in [0.05, 0.1) is 61.9 Å². The number of nitrogens with zero attached hydrogens (tertiary/aromatic N) is 12. The molecule has 3 aliphatic rings. The van der Waals surface area contributed by atoms with E-state index in [0.717, 1.165) is 72.4 Å². The minimum absolute atomic E-state index is 0.00473. The van der Waals surface area contributed by atoms with Crippen molar-refractivity contribution in [3.8, 4) is 33.4 Å². The van der Waals surface area contributed by atoms with Gasteiger partial charge in [0.15, 0.2) is 15.5 Å². The van der Waals surface area contributed by atoms with Crippen molar-refractivity contribution in [1.29, 1.82) is 0 Å². The van der Waals surface area contributed by atoms with Gasteiger partial charge in [0.1, 0.15) is 36.9 Å². The maximum atomic E-state index is 15.2. The van der Waals surface area contributed by atoms with E-state index in [9.17, 15) is 84.9 Å². The van der Waals surface area contributed by atoms with Crippen LogP contribution in [-0.2, 0) is 127 Å². The number of likely N-dealkylation sites (N-methyl/N-ethyl adjacent to an activating group) is 3. The average molecular weight is 2100 g/mol. The molecule has 12 aromatic rings. The van der Waals surface area contributed by atoms with Crippen molar-refractivity contribution in [3.05, 3.63) is 350 Å². The molecule has 15 rings (SSSR count). The summed E-state index contributed by atoms with van der Waals surface area (Å²) in [5.74, 6) is -16.5. The first-order chi connectivity index (χ1) is 92.4. The van der Waals surface area contributed by atoms with Gasteiger partial charge in [-0.2, -0.15) is 54.5 Å². The molecule has 0 bridgehead atoms. The van der Waals surface area contributed by atoms with Gasteiger partial charge in [-0.15, -0.1) is 0 Å². The molecule has 0 radical (unpaired) electrons. The van der Waals surface area contributed by atoms with Crippen molar-refractivity contribution < 1.29 is 151 Å². The number of amides is 3. The molecule has 18 nitrogen and oxygen atoms in total. The Morgan fingerprint density at radius 2 is 0.701 bits per heavy atom. The topological polar surface area (TPSA) is 175 Å². The quantitative estimate of drug-likeness (QED) is 0.0202. The Morgan fingerprint density at radius 1 is 0.382 bits per heavy atom. The number of rotatable bonds is 39. The molecule has 0 spiro atoms. The van der Waals surface area contributed by atoms with Crippen LogP contribution in [-0.4, -0.2) is 154 Å². The van der Waals surface area contributed by atoms with Gasteiger partial charge in [0.25, 0.3) is 16.7 Å². The van der Waals surface area contributed by atoms with Gasteiger partial charge in [-0.25, -0.2) is 13.2 Å². The summed E-state index contributed by atoms with van der Waals surface area (Å²) in [6, 6.07) is -24.5. The van der Waals surface area contributed by atoms with E-state index in [1.165, 1.54) is 36.4 Å². The van der Waals surface area contributed by atoms with E-state index in [2.05, 4.69) is 15.0 Å². The number of carbonyl (C=O) groups is 3. The lowest BCUT2D eigenvalue weighted by molar-refractivity contribution is -0.138. The predicted molar refractivity (Wildman–Crippen MR) is 544 cm³/mol. The zero-order valence-corrected chi connectivity index (χ0v) is 79.1. The summed E-state index contributed by atoms with van der Waals surface area (Å²) in [7, 11) is 0. The Balaban J connectivity index is 0.000000247. The SMILES string of the molecule is [2H]c1c([2H])c(C([2H])([2H])Sc2nc(=O)c3c(n2C([2H])([2H])C(=O)N(CCN(C([2H])([2H])C)C([2H])([2H])C)Cc2c([2H])c([2H])c(-c4c([2H])c([2H])c(C(F)(F)F)c(C)c4[2H])c([2H])c2[2H])CCC3)c([2H])c([2H])c1F.[2H]c1c([2H])c(C([2H])([2H])Sc2nc(=O)c3c(n2C([2H])([2H])C(=O)N(CCN(C([2H])([2H])C)C([2H])([2H])C)Cc2c([2H])c([2H])c(-c4c([2H])c([2H])c(C(F)(F)F)c([2H])c4[2H])c([2H])c2[2H])C([2H])([2H])C([2H])(C)C3([2H])[2H])c([2H])c([2H])c1F.[2H]c1c([2H])c(C([2H])([2H])Sc2nc(=O)c3c(n2C([2H])([2H])C(=O)N(CCN(C([2H])([2H])C)C([2H])([2H])C)Cc2ccc(-c4ccc(C(F)(F)F)cc4)cc2)C([2H])([2H])C([2H])(C)C3([2H])[2H])c([2H])c([2H])c1F. The molecule has 0 aliphatic heterocycles. The molecule has 9 aromatic carbocycles.